The van der Waals surface area contributed by atoms with E-state index in [9.17, 15) is 34.2 Å². The Balaban J connectivity index is 5.39. The molecule has 0 saturated carbocycles. The number of carboxylic acid groups (broad SMARTS) is 2. The lowest BCUT2D eigenvalue weighted by molar-refractivity contribution is -0.144. The highest BCUT2D eigenvalue weighted by Crippen LogP contribution is 2.10. The fourth-order valence-corrected chi connectivity index (χ4v) is 3.04. The molecule has 0 fully saturated rings. The molecule has 0 aliphatic carbocycles. The number of amides is 3. The average Bonchev–Trinajstić information content (AvgIpc) is 2.76. The van der Waals surface area contributed by atoms with Gasteiger partial charge in [0.15, 0.2) is 0 Å². The Morgan fingerprint density at radius 3 is 1.88 bits per heavy atom. The molecule has 196 valence electrons. The summed E-state index contributed by atoms with van der Waals surface area (Å²) in [6.07, 6.45) is -0.0784. The number of nitrogens with two attached hydrogens (primary N) is 2. The maximum absolute atomic E-state index is 12.9. The van der Waals surface area contributed by atoms with Crippen LogP contribution >= 0.6 is 0 Å². The highest BCUT2D eigenvalue weighted by molar-refractivity contribution is 5.94. The zero-order valence-electron chi connectivity index (χ0n) is 20.0. The van der Waals surface area contributed by atoms with Crippen molar-refractivity contribution in [2.24, 2.45) is 17.4 Å². The third-order valence-corrected chi connectivity index (χ3v) is 5.42. The van der Waals surface area contributed by atoms with Gasteiger partial charge in [0.05, 0.1) is 12.1 Å². The number of carbonyl (C=O) groups excluding carboxylic acids is 3. The second kappa shape index (κ2) is 16.0. The number of aliphatic hydroxyl groups is 1. The van der Waals surface area contributed by atoms with Crippen molar-refractivity contribution in [1.82, 2.24) is 16.0 Å². The second-order valence-corrected chi connectivity index (χ2v) is 8.32. The van der Waals surface area contributed by atoms with Gasteiger partial charge in [-0.2, -0.15) is 0 Å². The summed E-state index contributed by atoms with van der Waals surface area (Å²) in [6.45, 7) is 5.21. The van der Waals surface area contributed by atoms with Gasteiger partial charge >= 0.3 is 11.9 Å². The van der Waals surface area contributed by atoms with Crippen LogP contribution in [-0.2, 0) is 24.0 Å². The molecule has 0 saturated heterocycles. The van der Waals surface area contributed by atoms with Crippen molar-refractivity contribution >= 4 is 29.7 Å². The predicted octanol–water partition coefficient (Wildman–Crippen LogP) is -1.73. The third-order valence-electron chi connectivity index (χ3n) is 5.42. The van der Waals surface area contributed by atoms with Crippen LogP contribution in [0.1, 0.15) is 59.3 Å². The van der Waals surface area contributed by atoms with Gasteiger partial charge in [0, 0.05) is 6.42 Å². The van der Waals surface area contributed by atoms with Crippen LogP contribution in [0.3, 0.4) is 0 Å². The maximum Gasteiger partial charge on any atom is 0.326 e. The minimum absolute atomic E-state index is 0.347. The number of carbonyl (C=O) groups is 5. The van der Waals surface area contributed by atoms with Crippen LogP contribution in [0.4, 0.5) is 0 Å². The Morgan fingerprint density at radius 2 is 1.41 bits per heavy atom. The SMILES string of the molecule is CCC(C)C(NC(=O)C(N)CCCCN)C(=O)NC(C(=O)NC(CCC(=O)O)C(=O)O)C(C)O. The molecule has 0 aliphatic heterocycles. The fourth-order valence-electron chi connectivity index (χ4n) is 3.04. The van der Waals surface area contributed by atoms with Crippen molar-refractivity contribution in [3.05, 3.63) is 0 Å². The Bertz CT molecular complexity index is 703. The van der Waals surface area contributed by atoms with Crippen molar-refractivity contribution in [2.45, 2.75) is 89.6 Å². The normalized spacial score (nSPS) is 16.3. The monoisotopic (exact) mass is 489 g/mol. The van der Waals surface area contributed by atoms with E-state index >= 15 is 0 Å². The molecule has 13 heteroatoms. The number of carboxylic acids is 2. The quantitative estimate of drug-likeness (QED) is 0.107. The minimum atomic E-state index is -1.54. The topological polar surface area (TPSA) is 234 Å². The largest absolute Gasteiger partial charge is 0.481 e. The smallest absolute Gasteiger partial charge is 0.326 e. The molecular weight excluding hydrogens is 450 g/mol. The minimum Gasteiger partial charge on any atom is -0.481 e. The highest BCUT2D eigenvalue weighted by Gasteiger charge is 2.34. The van der Waals surface area contributed by atoms with Crippen molar-refractivity contribution in [2.75, 3.05) is 6.54 Å². The van der Waals surface area contributed by atoms with Gasteiger partial charge in [-0.3, -0.25) is 19.2 Å². The summed E-state index contributed by atoms with van der Waals surface area (Å²) < 4.78 is 0. The molecule has 10 N–H and O–H groups in total. The first-order valence-corrected chi connectivity index (χ1v) is 11.3. The van der Waals surface area contributed by atoms with E-state index < -0.39 is 66.4 Å². The lowest BCUT2D eigenvalue weighted by Gasteiger charge is -2.29. The Kier molecular flexibility index (Phi) is 14.7. The molecule has 0 bridgehead atoms. The Morgan fingerprint density at radius 1 is 0.853 bits per heavy atom. The summed E-state index contributed by atoms with van der Waals surface area (Å²) in [5.74, 6) is -5.35. The van der Waals surface area contributed by atoms with Crippen molar-refractivity contribution in [3.8, 4) is 0 Å². The number of hydrogen-bond acceptors (Lipinski definition) is 8. The van der Waals surface area contributed by atoms with Gasteiger partial charge in [-0.15, -0.1) is 0 Å². The van der Waals surface area contributed by atoms with Crippen LogP contribution in [0, 0.1) is 5.92 Å². The van der Waals surface area contributed by atoms with Gasteiger partial charge in [-0.1, -0.05) is 26.7 Å². The van der Waals surface area contributed by atoms with Crippen molar-refractivity contribution < 1.29 is 39.3 Å². The van der Waals surface area contributed by atoms with E-state index in [1.165, 1.54) is 6.92 Å². The van der Waals surface area contributed by atoms with E-state index in [4.69, 9.17) is 16.6 Å². The standard InChI is InChI=1S/C21H39N5O8/c1-4-11(2)16(25-18(30)13(23)7-5-6-10-22)19(31)26-17(12(3)27)20(32)24-14(21(33)34)8-9-15(28)29/h11-14,16-17,27H,4-10,22-23H2,1-3H3,(H,24,32)(H,25,30)(H,26,31)(H,28,29)(H,33,34). The Hall–Kier alpha value is -2.77. The molecule has 0 aliphatic rings. The Labute approximate surface area is 199 Å². The molecular formula is C21H39N5O8. The molecule has 0 heterocycles. The molecule has 6 unspecified atom stereocenters. The fraction of sp³-hybridized carbons (Fsp3) is 0.762. The summed E-state index contributed by atoms with van der Waals surface area (Å²) in [4.78, 5) is 60.1. The van der Waals surface area contributed by atoms with Gasteiger partial charge in [0.1, 0.15) is 18.1 Å². The molecule has 0 rings (SSSR count). The lowest BCUT2D eigenvalue weighted by Crippen LogP contribution is -2.61. The summed E-state index contributed by atoms with van der Waals surface area (Å²) in [7, 11) is 0. The highest BCUT2D eigenvalue weighted by atomic mass is 16.4. The van der Waals surface area contributed by atoms with Crippen molar-refractivity contribution in [3.63, 3.8) is 0 Å². The van der Waals surface area contributed by atoms with Crippen LogP contribution in [-0.4, -0.2) is 81.8 Å². The average molecular weight is 490 g/mol. The number of rotatable bonds is 17. The molecule has 3 amide bonds. The number of unbranched alkanes of at least 4 members (excludes halogenated alkanes) is 1. The predicted molar refractivity (Wildman–Crippen MR) is 122 cm³/mol. The molecule has 0 radical (unpaired) electrons. The van der Waals surface area contributed by atoms with Gasteiger partial charge in [0.25, 0.3) is 0 Å². The van der Waals surface area contributed by atoms with E-state index in [-0.39, 0.29) is 12.3 Å². The zero-order valence-corrected chi connectivity index (χ0v) is 20.0. The van der Waals surface area contributed by atoms with E-state index in [2.05, 4.69) is 16.0 Å². The van der Waals surface area contributed by atoms with E-state index in [1.807, 2.05) is 0 Å². The number of aliphatic hydroxyl groups excluding tert-OH is 1. The summed E-state index contributed by atoms with van der Waals surface area (Å²) >= 11 is 0. The molecule has 13 nitrogen and oxygen atoms in total. The van der Waals surface area contributed by atoms with Crippen LogP contribution in [0.25, 0.3) is 0 Å². The first-order chi connectivity index (χ1) is 15.8. The number of hydrogen-bond donors (Lipinski definition) is 8. The van der Waals surface area contributed by atoms with Crippen LogP contribution < -0.4 is 27.4 Å². The van der Waals surface area contributed by atoms with Crippen LogP contribution in [0.5, 0.6) is 0 Å². The summed E-state index contributed by atoms with van der Waals surface area (Å²) in [6, 6.07) is -4.99. The van der Waals surface area contributed by atoms with Gasteiger partial charge in [-0.05, 0) is 38.6 Å². The lowest BCUT2D eigenvalue weighted by atomic mass is 9.96. The van der Waals surface area contributed by atoms with Gasteiger partial charge in [-0.25, -0.2) is 4.79 Å². The van der Waals surface area contributed by atoms with E-state index in [0.29, 0.717) is 32.2 Å². The summed E-state index contributed by atoms with van der Waals surface area (Å²) in [5, 5.41) is 35.1. The molecule has 0 aromatic rings. The molecule has 6 atom stereocenters. The first kappa shape index (κ1) is 31.2. The molecule has 34 heavy (non-hydrogen) atoms. The van der Waals surface area contributed by atoms with E-state index in [1.54, 1.807) is 13.8 Å². The van der Waals surface area contributed by atoms with Crippen LogP contribution in [0.2, 0.25) is 0 Å². The van der Waals surface area contributed by atoms with E-state index in [0.717, 1.165) is 0 Å². The zero-order chi connectivity index (χ0) is 26.4. The summed E-state index contributed by atoms with van der Waals surface area (Å²) in [5.41, 5.74) is 11.3. The third kappa shape index (κ3) is 11.4. The van der Waals surface area contributed by atoms with Crippen LogP contribution in [0.15, 0.2) is 0 Å². The first-order valence-electron chi connectivity index (χ1n) is 11.3. The number of aliphatic carboxylic acids is 2. The van der Waals surface area contributed by atoms with Gasteiger partial charge < -0.3 is 42.7 Å². The molecule has 0 aromatic heterocycles. The molecule has 0 spiro atoms. The van der Waals surface area contributed by atoms with Gasteiger partial charge in [0.2, 0.25) is 17.7 Å². The second-order valence-electron chi connectivity index (χ2n) is 8.32. The van der Waals surface area contributed by atoms with Crippen molar-refractivity contribution in [1.29, 1.82) is 0 Å². The maximum atomic E-state index is 12.9. The number of nitrogens with one attached hydrogen (secondary N) is 3. The molecule has 0 aromatic carbocycles.